The number of carbonyl (C=O) groups excluding carboxylic acids is 9. The number of aliphatic hydroxyl groups is 1. The van der Waals surface area contributed by atoms with E-state index in [1.54, 1.807) is 31.7 Å². The Balaban J connectivity index is 1.40. The number of nitrogens with zero attached hydrogens (tertiary/aromatic N) is 2. The van der Waals surface area contributed by atoms with E-state index in [9.17, 15) is 48.3 Å². The second-order valence-electron chi connectivity index (χ2n) is 19.9. The van der Waals surface area contributed by atoms with Crippen molar-refractivity contribution in [2.24, 2.45) is 42.0 Å². The van der Waals surface area contributed by atoms with Crippen LogP contribution in [0.15, 0.2) is 43.0 Å². The summed E-state index contributed by atoms with van der Waals surface area (Å²) in [5.41, 5.74) is 19.0. The molecule has 3 aromatic rings. The molecule has 0 saturated heterocycles. The third-order valence-electron chi connectivity index (χ3n) is 13.1. The molecule has 1 fully saturated rings. The Bertz CT molecular complexity index is 2380. The molecule has 23 nitrogen and oxygen atoms in total. The predicted octanol–water partition coefficient (Wildman–Crippen LogP) is -1.11. The van der Waals surface area contributed by atoms with E-state index >= 15 is 0 Å². The molecular formula is C50H77N13O10. The zero-order valence-corrected chi connectivity index (χ0v) is 42.8. The van der Waals surface area contributed by atoms with Crippen LogP contribution < -0.4 is 54.4 Å². The summed E-state index contributed by atoms with van der Waals surface area (Å²) in [5.74, 6) is -6.17. The maximum absolute atomic E-state index is 14.1. The summed E-state index contributed by atoms with van der Waals surface area (Å²) in [5, 5.41) is 30.8. The number of aromatic nitrogens is 3. The number of hydrogen-bond donors (Lipinski definition) is 12. The highest BCUT2D eigenvalue weighted by molar-refractivity contribution is 5.96. The van der Waals surface area contributed by atoms with E-state index in [4.69, 9.17) is 17.2 Å². The summed E-state index contributed by atoms with van der Waals surface area (Å²) < 4.78 is 1.66. The van der Waals surface area contributed by atoms with Gasteiger partial charge in [0.2, 0.25) is 47.3 Å². The van der Waals surface area contributed by atoms with Gasteiger partial charge in [-0.15, -0.1) is 0 Å². The number of rotatable bonds is 30. The number of Topliss-reactive ketones (excluding diaryl/α,β-unsaturated/α-hetero) is 1. The van der Waals surface area contributed by atoms with Crippen LogP contribution in [0.3, 0.4) is 0 Å². The number of hydrogen-bond acceptors (Lipinski definition) is 13. The van der Waals surface area contributed by atoms with Crippen molar-refractivity contribution in [3.8, 4) is 0 Å². The van der Waals surface area contributed by atoms with Crippen LogP contribution in [0, 0.1) is 17.8 Å². The number of imidazole rings is 1. The van der Waals surface area contributed by atoms with Gasteiger partial charge in [0.25, 0.3) is 0 Å². The van der Waals surface area contributed by atoms with Gasteiger partial charge in [0.05, 0.1) is 50.1 Å². The number of primary amides is 1. The lowest BCUT2D eigenvalue weighted by Crippen LogP contribution is -2.59. The maximum atomic E-state index is 14.1. The van der Waals surface area contributed by atoms with Crippen molar-refractivity contribution in [1.29, 1.82) is 0 Å². The average Bonchev–Trinajstić information content (AvgIpc) is 4.11. The second-order valence-corrected chi connectivity index (χ2v) is 19.9. The molecule has 1 aliphatic carbocycles. The standard InChI is InChI=1S/C50H77N13O10/c1-27(2)17-36(40(64)21-43(67)58-37(41(65)22-51)18-30-11-7-8-12-30)60-49(72)39(20-32-24-54-26-63(32)6)59-44(68)25-56-50(73)45(28(3)4)62-46(69)29(5)57-48(71)38(61-47(70)34(52)15-16-42(53)66)19-31-23-55-35-14-10-9-13-33(31)35/h9-10,13-14,23-24,26-30,34,36-40,45,55,64H,7-8,11-12,15-22,25,51-52H2,1-6H3,(H2,53,66)(H,56,73)(H,57,71)(H,58,67)(H,59,68)(H,60,72)(H,61,70)(H,62,69)/t29-,34-,36+,37-,38-,39-,40+,45-/m0/s1. The third-order valence-corrected chi connectivity index (χ3v) is 13.1. The van der Waals surface area contributed by atoms with Crippen molar-refractivity contribution in [2.45, 2.75) is 154 Å². The van der Waals surface area contributed by atoms with Crippen molar-refractivity contribution < 1.29 is 48.3 Å². The van der Waals surface area contributed by atoms with Gasteiger partial charge in [-0.25, -0.2) is 4.98 Å². The molecule has 1 saturated carbocycles. The first-order valence-electron chi connectivity index (χ1n) is 25.1. The van der Waals surface area contributed by atoms with Crippen molar-refractivity contribution in [1.82, 2.24) is 51.8 Å². The minimum Gasteiger partial charge on any atom is -0.390 e. The average molecular weight is 1020 g/mol. The molecule has 23 heteroatoms. The highest BCUT2D eigenvalue weighted by atomic mass is 16.3. The summed E-state index contributed by atoms with van der Waals surface area (Å²) in [6.07, 6.45) is 7.46. The van der Waals surface area contributed by atoms with Crippen LogP contribution in [-0.2, 0) is 63.0 Å². The number of amides is 8. The molecule has 402 valence electrons. The fourth-order valence-electron chi connectivity index (χ4n) is 8.83. The number of aryl methyl sites for hydroxylation is 1. The first-order valence-corrected chi connectivity index (χ1v) is 25.1. The minimum absolute atomic E-state index is 0.00200. The van der Waals surface area contributed by atoms with Crippen molar-refractivity contribution in [3.05, 3.63) is 54.2 Å². The van der Waals surface area contributed by atoms with Crippen LogP contribution in [0.5, 0.6) is 0 Å². The van der Waals surface area contributed by atoms with E-state index < -0.39 is 115 Å². The number of aromatic amines is 1. The minimum atomic E-state index is -1.37. The van der Waals surface area contributed by atoms with E-state index in [0.717, 1.165) is 36.6 Å². The van der Waals surface area contributed by atoms with Gasteiger partial charge in [-0.1, -0.05) is 71.6 Å². The number of para-hydroxylation sites is 1. The van der Waals surface area contributed by atoms with E-state index in [1.807, 2.05) is 38.1 Å². The van der Waals surface area contributed by atoms with Gasteiger partial charge in [0.1, 0.15) is 24.2 Å². The molecular weight excluding hydrogens is 943 g/mol. The summed E-state index contributed by atoms with van der Waals surface area (Å²) in [6.45, 7) is 7.63. The van der Waals surface area contributed by atoms with Gasteiger partial charge in [-0.05, 0) is 55.6 Å². The van der Waals surface area contributed by atoms with Gasteiger partial charge in [0, 0.05) is 55.3 Å². The number of carbonyl (C=O) groups is 9. The van der Waals surface area contributed by atoms with Crippen molar-refractivity contribution >= 4 is 63.9 Å². The van der Waals surface area contributed by atoms with Gasteiger partial charge < -0.3 is 69.1 Å². The predicted molar refractivity (Wildman–Crippen MR) is 271 cm³/mol. The normalized spacial score (nSPS) is 16.0. The molecule has 1 aromatic carbocycles. The highest BCUT2D eigenvalue weighted by Crippen LogP contribution is 2.29. The molecule has 2 heterocycles. The van der Waals surface area contributed by atoms with Crippen molar-refractivity contribution in [3.63, 3.8) is 0 Å². The first kappa shape index (κ1) is 58.8. The maximum Gasteiger partial charge on any atom is 0.243 e. The molecule has 0 aliphatic heterocycles. The fraction of sp³-hybridized carbons (Fsp3) is 0.600. The number of nitrogens with two attached hydrogens (primary N) is 3. The Kier molecular flexibility index (Phi) is 23.0. The van der Waals surface area contributed by atoms with E-state index in [0.29, 0.717) is 17.7 Å². The lowest BCUT2D eigenvalue weighted by Gasteiger charge is -2.29. The monoisotopic (exact) mass is 1020 g/mol. The summed E-state index contributed by atoms with van der Waals surface area (Å²) in [6, 6.07) is -0.418. The topological polar surface area (TPSA) is 370 Å². The van der Waals surface area contributed by atoms with Crippen LogP contribution in [-0.4, -0.2) is 134 Å². The Hall–Kier alpha value is -6.72. The Morgan fingerprint density at radius 1 is 0.808 bits per heavy atom. The number of H-pyrrole nitrogens is 1. The van der Waals surface area contributed by atoms with Gasteiger partial charge >= 0.3 is 0 Å². The molecule has 4 rings (SSSR count). The van der Waals surface area contributed by atoms with E-state index in [2.05, 4.69) is 47.2 Å². The van der Waals surface area contributed by atoms with Crippen LogP contribution >= 0.6 is 0 Å². The van der Waals surface area contributed by atoms with E-state index in [-0.39, 0.29) is 56.3 Å². The highest BCUT2D eigenvalue weighted by Gasteiger charge is 2.34. The molecule has 0 radical (unpaired) electrons. The molecule has 0 unspecified atom stereocenters. The number of ketones is 1. The fourth-order valence-corrected chi connectivity index (χ4v) is 8.83. The van der Waals surface area contributed by atoms with E-state index in [1.165, 1.54) is 19.4 Å². The summed E-state index contributed by atoms with van der Waals surface area (Å²) in [4.78, 5) is 126. The zero-order chi connectivity index (χ0) is 53.9. The third kappa shape index (κ3) is 18.7. The summed E-state index contributed by atoms with van der Waals surface area (Å²) >= 11 is 0. The number of aliphatic hydroxyl groups excluding tert-OH is 1. The van der Waals surface area contributed by atoms with Crippen LogP contribution in [0.25, 0.3) is 10.9 Å². The molecule has 8 atom stereocenters. The quantitative estimate of drug-likeness (QED) is 0.0377. The lowest BCUT2D eigenvalue weighted by molar-refractivity contribution is -0.134. The van der Waals surface area contributed by atoms with Crippen molar-refractivity contribution in [2.75, 3.05) is 13.1 Å². The van der Waals surface area contributed by atoms with Gasteiger partial charge in [-0.2, -0.15) is 0 Å². The largest absolute Gasteiger partial charge is 0.390 e. The zero-order valence-electron chi connectivity index (χ0n) is 42.8. The van der Waals surface area contributed by atoms with Crippen LogP contribution in [0.2, 0.25) is 0 Å². The van der Waals surface area contributed by atoms with Crippen LogP contribution in [0.4, 0.5) is 0 Å². The molecule has 73 heavy (non-hydrogen) atoms. The number of fused-ring (bicyclic) bond motifs is 1. The van der Waals surface area contributed by atoms with Crippen LogP contribution in [0.1, 0.15) is 104 Å². The molecule has 1 aliphatic rings. The molecule has 0 spiro atoms. The first-order chi connectivity index (χ1) is 34.6. The Labute approximate surface area is 425 Å². The van der Waals surface area contributed by atoms with Gasteiger partial charge in [-0.3, -0.25) is 43.2 Å². The molecule has 8 amide bonds. The number of nitrogens with one attached hydrogen (secondary N) is 8. The summed E-state index contributed by atoms with van der Waals surface area (Å²) in [7, 11) is 1.71. The Morgan fingerprint density at radius 2 is 1.47 bits per heavy atom. The number of benzene rings is 1. The smallest absolute Gasteiger partial charge is 0.243 e. The molecule has 2 aromatic heterocycles. The molecule has 15 N–H and O–H groups in total. The SMILES string of the molecule is CC(C)C[C@@H](NC(=O)[C@H](Cc1cncn1C)NC(=O)CNC(=O)[C@@H](NC(=O)[C@H](C)NC(=O)[C@H](Cc1c[nH]c2ccccc12)NC(=O)[C@@H](N)CCC(N)=O)C(C)C)[C@H](O)CC(=O)N[C@@H](CC1CCCC1)C(=O)CN. The lowest BCUT2D eigenvalue weighted by atomic mass is 9.94. The Morgan fingerprint density at radius 3 is 2.10 bits per heavy atom. The van der Waals surface area contributed by atoms with Gasteiger partial charge in [0.15, 0.2) is 5.78 Å². The molecule has 0 bridgehead atoms. The second kappa shape index (κ2) is 28.5.